The highest BCUT2D eigenvalue weighted by Gasteiger charge is 1.91. The van der Waals surface area contributed by atoms with Gasteiger partial charge in [-0.3, -0.25) is 0 Å². The molecule has 0 aliphatic carbocycles. The summed E-state index contributed by atoms with van der Waals surface area (Å²) in [5, 5.41) is 9.82. The lowest BCUT2D eigenvalue weighted by Crippen LogP contribution is -1.82. The molecule has 0 aromatic rings. The summed E-state index contributed by atoms with van der Waals surface area (Å²) in [6, 6.07) is 0. The molecule has 2 heteroatoms. The second-order valence-corrected chi connectivity index (χ2v) is 6.14. The van der Waals surface area contributed by atoms with Crippen LogP contribution in [0.25, 0.3) is 0 Å². The molecule has 0 saturated carbocycles. The largest absolute Gasteiger partial charge is 0.396 e. The molecule has 0 bridgehead atoms. The summed E-state index contributed by atoms with van der Waals surface area (Å²) < 4.78 is 0. The molecule has 0 spiro atoms. The van der Waals surface area contributed by atoms with Gasteiger partial charge >= 0.3 is 0 Å². The van der Waals surface area contributed by atoms with Gasteiger partial charge < -0.3 is 5.11 Å². The van der Waals surface area contributed by atoms with Crippen molar-refractivity contribution in [1.82, 2.24) is 0 Å². The lowest BCUT2D eigenvalue weighted by atomic mass is 10.1. The second-order valence-electron chi connectivity index (χ2n) is 5.35. The number of alkyl halides is 1. The molecule has 0 aromatic carbocycles. The molecule has 1 nitrogen and oxygen atoms in total. The predicted octanol–water partition coefficient (Wildman–Crippen LogP) is 6.00. The first kappa shape index (κ1) is 19.2. The fourth-order valence-electron chi connectivity index (χ4n) is 2.20. The van der Waals surface area contributed by atoms with Crippen molar-refractivity contribution in [2.75, 3.05) is 11.9 Å². The number of rotatable bonds is 15. The van der Waals surface area contributed by atoms with Gasteiger partial charge in [0.1, 0.15) is 0 Å². The minimum Gasteiger partial charge on any atom is -0.396 e. The van der Waals surface area contributed by atoms with Crippen molar-refractivity contribution in [1.29, 1.82) is 0 Å². The lowest BCUT2D eigenvalue weighted by molar-refractivity contribution is 0.283. The van der Waals surface area contributed by atoms with E-state index in [1.165, 1.54) is 76.0 Å². The van der Waals surface area contributed by atoms with Crippen LogP contribution in [0.4, 0.5) is 0 Å². The lowest BCUT2D eigenvalue weighted by Gasteiger charge is -2.00. The van der Waals surface area contributed by atoms with E-state index in [0.717, 1.165) is 12.8 Å². The summed E-state index contributed by atoms with van der Waals surface area (Å²) >= 11 is 3.47. The number of hydrogen-bond donors (Lipinski definition) is 1. The minimum absolute atomic E-state index is 0.347. The zero-order valence-electron chi connectivity index (χ0n) is 12.6. The minimum atomic E-state index is 0.347. The van der Waals surface area contributed by atoms with Crippen LogP contribution in [0.5, 0.6) is 0 Å². The fraction of sp³-hybridized carbons (Fsp3) is 0.882. The Bertz CT molecular complexity index is 180. The van der Waals surface area contributed by atoms with E-state index in [0.29, 0.717) is 6.61 Å². The monoisotopic (exact) mass is 332 g/mol. The van der Waals surface area contributed by atoms with Crippen molar-refractivity contribution in [2.24, 2.45) is 0 Å². The van der Waals surface area contributed by atoms with Crippen molar-refractivity contribution >= 4 is 15.9 Å². The number of allylic oxidation sites excluding steroid dienone is 2. The quantitative estimate of drug-likeness (QED) is 0.221. The van der Waals surface area contributed by atoms with Crippen molar-refractivity contribution in [2.45, 2.75) is 83.5 Å². The Balaban J connectivity index is 2.99. The fourth-order valence-corrected chi connectivity index (χ4v) is 2.60. The van der Waals surface area contributed by atoms with E-state index in [-0.39, 0.29) is 0 Å². The van der Waals surface area contributed by atoms with E-state index in [2.05, 4.69) is 28.1 Å². The SMILES string of the molecule is OCCCCC/C=C/CCCCCCCCCCBr. The van der Waals surface area contributed by atoms with Crippen molar-refractivity contribution < 1.29 is 5.11 Å². The van der Waals surface area contributed by atoms with Crippen LogP contribution in [0.1, 0.15) is 83.5 Å². The van der Waals surface area contributed by atoms with Crippen LogP contribution in [0.3, 0.4) is 0 Å². The molecule has 0 rings (SSSR count). The third kappa shape index (κ3) is 18.2. The number of hydrogen-bond acceptors (Lipinski definition) is 1. The Hall–Kier alpha value is 0.180. The number of aliphatic hydroxyl groups excluding tert-OH is 1. The van der Waals surface area contributed by atoms with E-state index < -0.39 is 0 Å². The van der Waals surface area contributed by atoms with Crippen LogP contribution in [-0.2, 0) is 0 Å². The molecule has 0 aliphatic heterocycles. The molecule has 0 heterocycles. The van der Waals surface area contributed by atoms with Gasteiger partial charge in [0.25, 0.3) is 0 Å². The molecule has 0 radical (unpaired) electrons. The Morgan fingerprint density at radius 1 is 0.579 bits per heavy atom. The average molecular weight is 333 g/mol. The van der Waals surface area contributed by atoms with Crippen molar-refractivity contribution in [3.05, 3.63) is 12.2 Å². The molecule has 1 N–H and O–H groups in total. The van der Waals surface area contributed by atoms with Crippen LogP contribution in [0.15, 0.2) is 12.2 Å². The van der Waals surface area contributed by atoms with Crippen LogP contribution >= 0.6 is 15.9 Å². The normalized spacial score (nSPS) is 11.5. The molecule has 0 saturated heterocycles. The Morgan fingerprint density at radius 3 is 1.47 bits per heavy atom. The van der Waals surface area contributed by atoms with Gasteiger partial charge in [-0.05, 0) is 38.5 Å². The van der Waals surface area contributed by atoms with E-state index in [9.17, 15) is 0 Å². The first-order chi connectivity index (χ1) is 9.41. The first-order valence-electron chi connectivity index (χ1n) is 8.23. The van der Waals surface area contributed by atoms with Gasteiger partial charge in [0.15, 0.2) is 0 Å². The maximum absolute atomic E-state index is 8.65. The van der Waals surface area contributed by atoms with E-state index in [1.807, 2.05) is 0 Å². The van der Waals surface area contributed by atoms with Crippen LogP contribution in [0, 0.1) is 0 Å². The second kappa shape index (κ2) is 18.2. The maximum Gasteiger partial charge on any atom is 0.0431 e. The van der Waals surface area contributed by atoms with Crippen molar-refractivity contribution in [3.63, 3.8) is 0 Å². The maximum atomic E-state index is 8.65. The molecule has 0 atom stereocenters. The Morgan fingerprint density at radius 2 is 1.00 bits per heavy atom. The van der Waals surface area contributed by atoms with E-state index in [4.69, 9.17) is 5.11 Å². The molecule has 0 amide bonds. The van der Waals surface area contributed by atoms with Crippen LogP contribution < -0.4 is 0 Å². The summed E-state index contributed by atoms with van der Waals surface area (Å²) in [7, 11) is 0. The molecule has 114 valence electrons. The van der Waals surface area contributed by atoms with Gasteiger partial charge in [0.2, 0.25) is 0 Å². The molecule has 0 aromatic heterocycles. The van der Waals surface area contributed by atoms with Crippen molar-refractivity contribution in [3.8, 4) is 0 Å². The van der Waals surface area contributed by atoms with E-state index >= 15 is 0 Å². The Kier molecular flexibility index (Phi) is 18.4. The molecule has 0 unspecified atom stereocenters. The average Bonchev–Trinajstić information content (AvgIpc) is 2.43. The Labute approximate surface area is 129 Å². The summed E-state index contributed by atoms with van der Waals surface area (Å²) in [4.78, 5) is 0. The van der Waals surface area contributed by atoms with Gasteiger partial charge in [-0.1, -0.05) is 73.0 Å². The van der Waals surface area contributed by atoms with E-state index in [1.54, 1.807) is 0 Å². The van der Waals surface area contributed by atoms with Gasteiger partial charge in [0, 0.05) is 11.9 Å². The smallest absolute Gasteiger partial charge is 0.0431 e. The predicted molar refractivity (Wildman–Crippen MR) is 90.0 cm³/mol. The molecular weight excluding hydrogens is 300 g/mol. The van der Waals surface area contributed by atoms with Gasteiger partial charge in [-0.2, -0.15) is 0 Å². The number of unbranched alkanes of at least 4 members (excludes halogenated alkanes) is 11. The molecule has 19 heavy (non-hydrogen) atoms. The summed E-state index contributed by atoms with van der Waals surface area (Å²) in [5.74, 6) is 0. The molecular formula is C17H33BrO. The zero-order valence-corrected chi connectivity index (χ0v) is 14.2. The molecule has 0 aliphatic rings. The highest BCUT2D eigenvalue weighted by Crippen LogP contribution is 2.10. The van der Waals surface area contributed by atoms with Gasteiger partial charge in [-0.25, -0.2) is 0 Å². The van der Waals surface area contributed by atoms with Gasteiger partial charge in [0.05, 0.1) is 0 Å². The topological polar surface area (TPSA) is 20.2 Å². The van der Waals surface area contributed by atoms with Crippen LogP contribution in [-0.4, -0.2) is 17.0 Å². The van der Waals surface area contributed by atoms with Gasteiger partial charge in [-0.15, -0.1) is 0 Å². The zero-order chi connectivity index (χ0) is 14.0. The standard InChI is InChI=1S/C17H33BrO/c18-16-14-12-10-8-6-4-2-1-3-5-7-9-11-13-15-17-19/h5,7,19H,1-4,6,8-17H2/b7-5+. The number of halogens is 1. The third-order valence-electron chi connectivity index (χ3n) is 3.45. The number of aliphatic hydroxyl groups is 1. The van der Waals surface area contributed by atoms with Crippen LogP contribution in [0.2, 0.25) is 0 Å². The third-order valence-corrected chi connectivity index (χ3v) is 4.01. The highest BCUT2D eigenvalue weighted by molar-refractivity contribution is 9.09. The highest BCUT2D eigenvalue weighted by atomic mass is 79.9. The summed E-state index contributed by atoms with van der Waals surface area (Å²) in [6.07, 6.45) is 21.6. The summed E-state index contributed by atoms with van der Waals surface area (Å²) in [5.41, 5.74) is 0. The molecule has 0 fully saturated rings. The first-order valence-corrected chi connectivity index (χ1v) is 9.35. The summed E-state index contributed by atoms with van der Waals surface area (Å²) in [6.45, 7) is 0.347.